The lowest BCUT2D eigenvalue weighted by Crippen LogP contribution is -2.45. The highest BCUT2D eigenvalue weighted by Gasteiger charge is 2.30. The number of nitrogens with two attached hydrogens (primary N) is 1. The van der Waals surface area contributed by atoms with E-state index in [4.69, 9.17) is 30.0 Å². The molecule has 0 atom stereocenters. The number of imidazole rings is 1. The lowest BCUT2D eigenvalue weighted by molar-refractivity contribution is 0.00520. The van der Waals surface area contributed by atoms with Crippen molar-refractivity contribution in [3.8, 4) is 22.8 Å². The van der Waals surface area contributed by atoms with Crippen LogP contribution in [0.3, 0.4) is 0 Å². The second-order valence-electron chi connectivity index (χ2n) is 11.1. The average Bonchev–Trinajstić information content (AvgIpc) is 3.74. The van der Waals surface area contributed by atoms with Crippen molar-refractivity contribution in [2.75, 3.05) is 38.8 Å². The van der Waals surface area contributed by atoms with E-state index < -0.39 is 0 Å². The van der Waals surface area contributed by atoms with Gasteiger partial charge in [0.1, 0.15) is 23.7 Å². The number of H-pyrrole nitrogens is 1. The zero-order valence-electron chi connectivity index (χ0n) is 22.8. The molecule has 1 saturated carbocycles. The number of anilines is 1. The smallest absolute Gasteiger partial charge is 0.231 e. The number of fused-ring (bicyclic) bond motifs is 3. The van der Waals surface area contributed by atoms with Gasteiger partial charge in [0.25, 0.3) is 0 Å². The van der Waals surface area contributed by atoms with Gasteiger partial charge in [0.05, 0.1) is 35.7 Å². The van der Waals surface area contributed by atoms with E-state index in [1.807, 2.05) is 24.3 Å². The number of hydrogen-bond acceptors (Lipinski definition) is 9. The summed E-state index contributed by atoms with van der Waals surface area (Å²) in [5.74, 6) is 2.89. The third-order valence-electron chi connectivity index (χ3n) is 8.71. The van der Waals surface area contributed by atoms with Crippen LogP contribution in [0.2, 0.25) is 0 Å². The van der Waals surface area contributed by atoms with Gasteiger partial charge in [-0.25, -0.2) is 19.6 Å². The summed E-state index contributed by atoms with van der Waals surface area (Å²) in [5.41, 5.74) is 12.0. The first kappa shape index (κ1) is 24.6. The summed E-state index contributed by atoms with van der Waals surface area (Å²) in [7, 11) is 0. The third-order valence-corrected chi connectivity index (χ3v) is 8.71. The Balaban J connectivity index is 1.08. The number of rotatable bonds is 5. The quantitative estimate of drug-likeness (QED) is 0.331. The number of ether oxygens (including phenoxy) is 3. The molecule has 3 aromatic heterocycles. The van der Waals surface area contributed by atoms with Crippen molar-refractivity contribution in [3.05, 3.63) is 54.1 Å². The minimum Gasteiger partial charge on any atom is -0.454 e. The second kappa shape index (κ2) is 10.0. The van der Waals surface area contributed by atoms with Crippen LogP contribution < -0.4 is 15.2 Å². The van der Waals surface area contributed by atoms with E-state index in [1.165, 1.54) is 0 Å². The summed E-state index contributed by atoms with van der Waals surface area (Å²) >= 11 is 0. The van der Waals surface area contributed by atoms with Gasteiger partial charge in [0, 0.05) is 31.1 Å². The van der Waals surface area contributed by atoms with Crippen LogP contribution in [-0.4, -0.2) is 73.8 Å². The first-order valence-electron chi connectivity index (χ1n) is 14.4. The zero-order chi connectivity index (χ0) is 27.3. The molecule has 41 heavy (non-hydrogen) atoms. The number of hydrogen-bond donors (Lipinski definition) is 2. The molecule has 5 aromatic rings. The van der Waals surface area contributed by atoms with Gasteiger partial charge in [-0.1, -0.05) is 12.1 Å². The van der Waals surface area contributed by atoms with Crippen molar-refractivity contribution in [2.45, 2.75) is 44.2 Å². The number of nitrogen functional groups attached to an aromatic ring is 1. The number of nitrogens with one attached hydrogen (secondary N) is 1. The Morgan fingerprint density at radius 1 is 0.927 bits per heavy atom. The van der Waals surface area contributed by atoms with Gasteiger partial charge in [-0.3, -0.25) is 4.90 Å². The number of aromatic nitrogens is 6. The van der Waals surface area contributed by atoms with Crippen molar-refractivity contribution in [1.82, 2.24) is 34.6 Å². The number of morpholine rings is 1. The molecule has 8 rings (SSSR count). The van der Waals surface area contributed by atoms with E-state index in [1.54, 1.807) is 6.33 Å². The molecule has 3 N–H and O–H groups in total. The predicted molar refractivity (Wildman–Crippen MR) is 154 cm³/mol. The number of nitrogens with zero attached hydrogens (tertiary/aromatic N) is 6. The molecule has 11 nitrogen and oxygen atoms in total. The molecule has 0 bridgehead atoms. The summed E-state index contributed by atoms with van der Waals surface area (Å²) in [6.07, 6.45) is 6.61. The fourth-order valence-corrected chi connectivity index (χ4v) is 6.60. The summed E-state index contributed by atoms with van der Waals surface area (Å²) < 4.78 is 18.6. The molecule has 1 aliphatic carbocycles. The van der Waals surface area contributed by atoms with Crippen LogP contribution in [0.25, 0.3) is 33.3 Å². The van der Waals surface area contributed by atoms with Gasteiger partial charge in [0.2, 0.25) is 6.79 Å². The van der Waals surface area contributed by atoms with Crippen LogP contribution in [0.1, 0.15) is 43.1 Å². The Morgan fingerprint density at radius 2 is 1.76 bits per heavy atom. The average molecular weight is 553 g/mol. The molecule has 2 fully saturated rings. The summed E-state index contributed by atoms with van der Waals surface area (Å²) in [5, 5.41) is 5.94. The van der Waals surface area contributed by atoms with Crippen molar-refractivity contribution < 1.29 is 14.2 Å². The van der Waals surface area contributed by atoms with Crippen LogP contribution in [-0.2, 0) is 11.2 Å². The van der Waals surface area contributed by atoms with Crippen LogP contribution in [0, 0.1) is 0 Å². The molecule has 0 radical (unpaired) electrons. The number of benzene rings is 2. The molecule has 2 aromatic carbocycles. The maximum atomic E-state index is 6.44. The molecule has 210 valence electrons. The largest absolute Gasteiger partial charge is 0.454 e. The minimum absolute atomic E-state index is 0.266. The van der Waals surface area contributed by atoms with E-state index in [-0.39, 0.29) is 12.8 Å². The maximum Gasteiger partial charge on any atom is 0.231 e. The van der Waals surface area contributed by atoms with E-state index in [9.17, 15) is 0 Å². The maximum absolute atomic E-state index is 6.44. The summed E-state index contributed by atoms with van der Waals surface area (Å²) in [4.78, 5) is 19.9. The highest BCUT2D eigenvalue weighted by molar-refractivity contribution is 5.99. The minimum atomic E-state index is 0.266. The molecule has 0 unspecified atom stereocenters. The highest BCUT2D eigenvalue weighted by atomic mass is 16.7. The third kappa shape index (κ3) is 4.45. The molecule has 2 aliphatic heterocycles. The summed E-state index contributed by atoms with van der Waals surface area (Å²) in [6.45, 7) is 4.00. The van der Waals surface area contributed by atoms with E-state index >= 15 is 0 Å². The second-order valence-corrected chi connectivity index (χ2v) is 11.1. The fraction of sp³-hybridized carbons (Fsp3) is 0.400. The van der Waals surface area contributed by atoms with Crippen LogP contribution in [0.4, 0.5) is 5.82 Å². The van der Waals surface area contributed by atoms with Gasteiger partial charge in [-0.15, -0.1) is 0 Å². The Kier molecular flexibility index (Phi) is 5.99. The molecular weight excluding hydrogens is 520 g/mol. The van der Waals surface area contributed by atoms with Gasteiger partial charge in [-0.2, -0.15) is 5.10 Å². The topological polar surface area (TPSA) is 129 Å². The van der Waals surface area contributed by atoms with Crippen molar-refractivity contribution in [2.24, 2.45) is 0 Å². The van der Waals surface area contributed by atoms with Crippen molar-refractivity contribution >= 4 is 27.9 Å². The molecule has 5 heterocycles. The highest BCUT2D eigenvalue weighted by Crippen LogP contribution is 2.38. The summed E-state index contributed by atoms with van der Waals surface area (Å²) in [6, 6.07) is 13.1. The van der Waals surface area contributed by atoms with Crippen LogP contribution >= 0.6 is 0 Å². The van der Waals surface area contributed by atoms with E-state index in [0.29, 0.717) is 18.3 Å². The number of aromatic amines is 1. The van der Waals surface area contributed by atoms with E-state index in [0.717, 1.165) is 108 Å². The molecule has 0 amide bonds. The van der Waals surface area contributed by atoms with E-state index in [2.05, 4.69) is 36.7 Å². The monoisotopic (exact) mass is 552 g/mol. The molecular formula is C30H32N8O3. The van der Waals surface area contributed by atoms with Gasteiger partial charge in [0.15, 0.2) is 17.1 Å². The molecule has 3 aliphatic rings. The van der Waals surface area contributed by atoms with Crippen LogP contribution in [0.5, 0.6) is 11.5 Å². The Bertz CT molecular complexity index is 1730. The SMILES string of the molecule is Nc1ncnc2c1c(-c1ccc3nc(Cc4ccc5c(c4)OCO5)[nH]c3c1)nn2[C@H]1CC[C@H](N2CCOCC2)CC1. The lowest BCUT2D eigenvalue weighted by atomic mass is 9.90. The van der Waals surface area contributed by atoms with Gasteiger partial charge < -0.3 is 24.9 Å². The van der Waals surface area contributed by atoms with Crippen molar-refractivity contribution in [1.29, 1.82) is 0 Å². The Labute approximate surface area is 236 Å². The first-order valence-corrected chi connectivity index (χ1v) is 14.4. The molecule has 1 saturated heterocycles. The molecule has 0 spiro atoms. The molecule has 11 heteroatoms. The normalized spacial score (nSPS) is 21.2. The van der Waals surface area contributed by atoms with Crippen molar-refractivity contribution in [3.63, 3.8) is 0 Å². The zero-order valence-corrected chi connectivity index (χ0v) is 22.8. The van der Waals surface area contributed by atoms with Gasteiger partial charge >= 0.3 is 0 Å². The lowest BCUT2D eigenvalue weighted by Gasteiger charge is -2.38. The Hall–Kier alpha value is -4.22. The Morgan fingerprint density at radius 3 is 2.63 bits per heavy atom. The fourth-order valence-electron chi connectivity index (χ4n) is 6.60. The van der Waals surface area contributed by atoms with Crippen LogP contribution in [0.15, 0.2) is 42.7 Å². The first-order chi connectivity index (χ1) is 20.2. The van der Waals surface area contributed by atoms with Gasteiger partial charge in [-0.05, 0) is 55.5 Å². The standard InChI is InChI=1S/C30H32N8O3/c31-29-27-28(36-38(30(27)33-16-32-29)21-5-3-20(4-6-21)37-9-11-39-12-10-37)19-2-7-22-23(15-19)35-26(34-22)14-18-1-8-24-25(13-18)41-17-40-24/h1-2,7-8,13,15-16,20-21H,3-6,9-12,14,17H2,(H,34,35)(H2,31,32,33)/t20-,21-. The predicted octanol–water partition coefficient (Wildman–Crippen LogP) is 4.09.